The molecule has 19 heavy (non-hydrogen) atoms. The number of hydrogen-bond acceptors (Lipinski definition) is 1. The fourth-order valence-corrected chi connectivity index (χ4v) is 2.31. The van der Waals surface area contributed by atoms with Gasteiger partial charge >= 0.3 is 6.18 Å². The Morgan fingerprint density at radius 1 is 1.16 bits per heavy atom. The molecular weight excluding hydrogens is 255 g/mol. The normalized spacial score (nSPS) is 20.8. The molecule has 0 aromatic heterocycles. The molecule has 0 saturated carbocycles. The Kier molecular flexibility index (Phi) is 4.12. The van der Waals surface area contributed by atoms with E-state index in [1.54, 1.807) is 0 Å². The summed E-state index contributed by atoms with van der Waals surface area (Å²) in [5.74, 6) is -0.114. The Balaban J connectivity index is 2.04. The van der Waals surface area contributed by atoms with Crippen LogP contribution in [0.4, 0.5) is 13.2 Å². The quantitative estimate of drug-likeness (QED) is 0.879. The van der Waals surface area contributed by atoms with Crippen molar-refractivity contribution >= 4 is 5.91 Å². The van der Waals surface area contributed by atoms with E-state index in [0.717, 1.165) is 37.0 Å². The molecule has 1 amide bonds. The smallest absolute Gasteiger partial charge is 0.356 e. The van der Waals surface area contributed by atoms with Gasteiger partial charge in [-0.2, -0.15) is 13.2 Å². The van der Waals surface area contributed by atoms with Crippen molar-refractivity contribution < 1.29 is 18.0 Å². The molecule has 2 rings (SSSR count). The highest BCUT2D eigenvalue weighted by molar-refractivity contribution is 5.79. The lowest BCUT2D eigenvalue weighted by atomic mass is 9.94. The van der Waals surface area contributed by atoms with Crippen molar-refractivity contribution in [3.63, 3.8) is 0 Å². The number of rotatable bonds is 2. The Morgan fingerprint density at radius 3 is 2.47 bits per heavy atom. The van der Waals surface area contributed by atoms with Crippen LogP contribution in [0.5, 0.6) is 0 Å². The van der Waals surface area contributed by atoms with Gasteiger partial charge in [0.25, 0.3) is 0 Å². The van der Waals surface area contributed by atoms with Crippen molar-refractivity contribution in [3.05, 3.63) is 35.4 Å². The van der Waals surface area contributed by atoms with Gasteiger partial charge in [0.15, 0.2) is 0 Å². The van der Waals surface area contributed by atoms with Crippen LogP contribution in [-0.4, -0.2) is 12.5 Å². The van der Waals surface area contributed by atoms with Crippen molar-refractivity contribution in [2.75, 3.05) is 6.54 Å². The van der Waals surface area contributed by atoms with Gasteiger partial charge in [0.1, 0.15) is 0 Å². The van der Waals surface area contributed by atoms with E-state index in [2.05, 4.69) is 5.32 Å². The summed E-state index contributed by atoms with van der Waals surface area (Å²) in [7, 11) is 0. The average Bonchev–Trinajstić information content (AvgIpc) is 2.55. The lowest BCUT2D eigenvalue weighted by Crippen LogP contribution is -2.30. The van der Waals surface area contributed by atoms with Gasteiger partial charge in [-0.1, -0.05) is 18.6 Å². The maximum Gasteiger partial charge on any atom is 0.416 e. The van der Waals surface area contributed by atoms with Crippen LogP contribution in [0.3, 0.4) is 0 Å². The monoisotopic (exact) mass is 271 g/mol. The van der Waals surface area contributed by atoms with Gasteiger partial charge in [-0.05, 0) is 37.0 Å². The maximum absolute atomic E-state index is 12.4. The Labute approximate surface area is 110 Å². The zero-order valence-electron chi connectivity index (χ0n) is 10.5. The molecule has 1 N–H and O–H groups in total. The highest BCUT2D eigenvalue weighted by Gasteiger charge is 2.30. The fraction of sp³-hybridized carbons (Fsp3) is 0.500. The molecule has 0 aliphatic carbocycles. The van der Waals surface area contributed by atoms with Gasteiger partial charge < -0.3 is 5.32 Å². The zero-order chi connectivity index (χ0) is 13.9. The van der Waals surface area contributed by atoms with Crippen molar-refractivity contribution in [1.29, 1.82) is 0 Å². The molecule has 104 valence electrons. The van der Waals surface area contributed by atoms with Crippen LogP contribution in [0.15, 0.2) is 24.3 Å². The number of alkyl halides is 3. The minimum absolute atomic E-state index is 0.0115. The van der Waals surface area contributed by atoms with Crippen LogP contribution in [0, 0.1) is 5.92 Å². The topological polar surface area (TPSA) is 29.1 Å². The predicted molar refractivity (Wildman–Crippen MR) is 65.5 cm³/mol. The molecular formula is C14H16F3NO. The standard InChI is InChI=1S/C14H16F3NO/c15-14(16,17)12-6-4-10(5-7-12)9-11-3-1-2-8-18-13(11)19/h4-7,11H,1-3,8-9H2,(H,18,19). The lowest BCUT2D eigenvalue weighted by molar-refractivity contribution is -0.137. The van der Waals surface area contributed by atoms with Crippen molar-refractivity contribution in [1.82, 2.24) is 5.32 Å². The minimum atomic E-state index is -4.31. The molecule has 0 bridgehead atoms. The summed E-state index contributed by atoms with van der Waals surface area (Å²) in [6.45, 7) is 0.697. The highest BCUT2D eigenvalue weighted by atomic mass is 19.4. The summed E-state index contributed by atoms with van der Waals surface area (Å²) in [5.41, 5.74) is 0.122. The lowest BCUT2D eigenvalue weighted by Gasteiger charge is -2.13. The van der Waals surface area contributed by atoms with Crippen LogP contribution in [0.1, 0.15) is 30.4 Å². The number of carbonyl (C=O) groups is 1. The summed E-state index contributed by atoms with van der Waals surface area (Å²) < 4.78 is 37.3. The predicted octanol–water partition coefficient (Wildman–Crippen LogP) is 3.16. The molecule has 1 unspecified atom stereocenters. The first-order chi connectivity index (χ1) is 8.97. The summed E-state index contributed by atoms with van der Waals surface area (Å²) in [6.07, 6.45) is -1.06. The Hall–Kier alpha value is -1.52. The summed E-state index contributed by atoms with van der Waals surface area (Å²) in [5, 5.41) is 2.83. The summed E-state index contributed by atoms with van der Waals surface area (Å²) in [6, 6.07) is 5.07. The summed E-state index contributed by atoms with van der Waals surface area (Å²) >= 11 is 0. The second kappa shape index (κ2) is 5.63. The van der Waals surface area contributed by atoms with Crippen LogP contribution in [0.25, 0.3) is 0 Å². The summed E-state index contributed by atoms with van der Waals surface area (Å²) in [4.78, 5) is 11.8. The number of halogens is 3. The molecule has 1 saturated heterocycles. The van der Waals surface area contributed by atoms with Gasteiger partial charge in [0.2, 0.25) is 5.91 Å². The van der Waals surface area contributed by atoms with Crippen molar-refractivity contribution in [3.8, 4) is 0 Å². The largest absolute Gasteiger partial charge is 0.416 e. The van der Waals surface area contributed by atoms with Gasteiger partial charge in [-0.3, -0.25) is 4.79 Å². The van der Waals surface area contributed by atoms with E-state index in [9.17, 15) is 18.0 Å². The van der Waals surface area contributed by atoms with E-state index in [1.807, 2.05) is 0 Å². The van der Waals surface area contributed by atoms with Gasteiger partial charge in [-0.25, -0.2) is 0 Å². The molecule has 1 aromatic carbocycles. The van der Waals surface area contributed by atoms with Crippen molar-refractivity contribution in [2.24, 2.45) is 5.92 Å². The molecule has 1 aliphatic heterocycles. The molecule has 1 aromatic rings. The number of carbonyl (C=O) groups excluding carboxylic acids is 1. The van der Waals surface area contributed by atoms with Gasteiger partial charge in [-0.15, -0.1) is 0 Å². The average molecular weight is 271 g/mol. The van der Waals surface area contributed by atoms with Crippen LogP contribution in [0.2, 0.25) is 0 Å². The third-order valence-electron chi connectivity index (χ3n) is 3.41. The van der Waals surface area contributed by atoms with E-state index < -0.39 is 11.7 Å². The van der Waals surface area contributed by atoms with Crippen LogP contribution < -0.4 is 5.32 Å². The third-order valence-corrected chi connectivity index (χ3v) is 3.41. The van der Waals surface area contributed by atoms with E-state index in [0.29, 0.717) is 13.0 Å². The molecule has 2 nitrogen and oxygen atoms in total. The Bertz CT molecular complexity index is 439. The van der Waals surface area contributed by atoms with Crippen LogP contribution >= 0.6 is 0 Å². The molecule has 0 radical (unpaired) electrons. The molecule has 1 aliphatic rings. The first-order valence-electron chi connectivity index (χ1n) is 6.40. The third kappa shape index (κ3) is 3.72. The molecule has 1 atom stereocenters. The SMILES string of the molecule is O=C1NCCCCC1Cc1ccc(C(F)(F)F)cc1. The van der Waals surface area contributed by atoms with E-state index in [-0.39, 0.29) is 11.8 Å². The van der Waals surface area contributed by atoms with E-state index in [4.69, 9.17) is 0 Å². The number of benzene rings is 1. The molecule has 0 spiro atoms. The van der Waals surface area contributed by atoms with E-state index in [1.165, 1.54) is 12.1 Å². The first-order valence-corrected chi connectivity index (χ1v) is 6.40. The van der Waals surface area contributed by atoms with E-state index >= 15 is 0 Å². The second-order valence-electron chi connectivity index (χ2n) is 4.88. The number of nitrogens with one attached hydrogen (secondary N) is 1. The molecule has 5 heteroatoms. The number of hydrogen-bond donors (Lipinski definition) is 1. The zero-order valence-corrected chi connectivity index (χ0v) is 10.5. The maximum atomic E-state index is 12.4. The van der Waals surface area contributed by atoms with Gasteiger partial charge in [0.05, 0.1) is 5.56 Å². The Morgan fingerprint density at radius 2 is 1.84 bits per heavy atom. The highest BCUT2D eigenvalue weighted by Crippen LogP contribution is 2.29. The number of amides is 1. The van der Waals surface area contributed by atoms with Crippen LogP contribution in [-0.2, 0) is 17.4 Å². The van der Waals surface area contributed by atoms with Gasteiger partial charge in [0, 0.05) is 12.5 Å². The minimum Gasteiger partial charge on any atom is -0.356 e. The molecule has 1 fully saturated rings. The first kappa shape index (κ1) is 13.9. The molecule has 1 heterocycles. The fourth-order valence-electron chi connectivity index (χ4n) is 2.31. The van der Waals surface area contributed by atoms with Crippen molar-refractivity contribution in [2.45, 2.75) is 31.9 Å². The second-order valence-corrected chi connectivity index (χ2v) is 4.88.